The molecule has 2 N–H and O–H groups in total. The first-order valence-corrected chi connectivity index (χ1v) is 7.23. The monoisotopic (exact) mass is 342 g/mol. The van der Waals surface area contributed by atoms with Crippen LogP contribution in [-0.4, -0.2) is 21.2 Å². The number of pyridine rings is 1. The lowest BCUT2D eigenvalue weighted by Gasteiger charge is -2.05. The van der Waals surface area contributed by atoms with Gasteiger partial charge in [-0.2, -0.15) is 5.10 Å². The van der Waals surface area contributed by atoms with E-state index in [9.17, 15) is 15.2 Å². The van der Waals surface area contributed by atoms with Crippen LogP contribution in [0.15, 0.2) is 53.8 Å². The predicted molar refractivity (Wildman–Crippen MR) is 92.7 cm³/mol. The molecular formula is C16H11ClN4O3. The van der Waals surface area contributed by atoms with Crippen LogP contribution in [0.25, 0.3) is 10.9 Å². The molecule has 0 amide bonds. The van der Waals surface area contributed by atoms with Crippen LogP contribution in [-0.2, 0) is 0 Å². The SMILES string of the molecule is O=[N+]([O-])c1ccc(O)c(/C=N\Nc2ccnc3cc(Cl)ccc23)c1. The van der Waals surface area contributed by atoms with Crippen LogP contribution in [0.2, 0.25) is 5.02 Å². The number of nitrogens with zero attached hydrogens (tertiary/aromatic N) is 3. The molecule has 3 aromatic rings. The number of nitro groups is 1. The summed E-state index contributed by atoms with van der Waals surface area (Å²) < 4.78 is 0. The summed E-state index contributed by atoms with van der Waals surface area (Å²) in [5, 5.41) is 26.0. The third kappa shape index (κ3) is 3.26. The minimum Gasteiger partial charge on any atom is -0.507 e. The Hall–Kier alpha value is -3.19. The van der Waals surface area contributed by atoms with Crippen LogP contribution >= 0.6 is 11.6 Å². The third-order valence-electron chi connectivity index (χ3n) is 3.32. The largest absolute Gasteiger partial charge is 0.507 e. The number of hydrazone groups is 1. The summed E-state index contributed by atoms with van der Waals surface area (Å²) in [5.74, 6) is -0.0995. The van der Waals surface area contributed by atoms with Gasteiger partial charge in [0, 0.05) is 34.3 Å². The summed E-state index contributed by atoms with van der Waals surface area (Å²) in [6, 6.07) is 10.7. The average molecular weight is 343 g/mol. The zero-order valence-electron chi connectivity index (χ0n) is 12.2. The molecule has 0 saturated heterocycles. The summed E-state index contributed by atoms with van der Waals surface area (Å²) in [7, 11) is 0. The van der Waals surface area contributed by atoms with Gasteiger partial charge in [0.05, 0.1) is 22.3 Å². The molecule has 7 nitrogen and oxygen atoms in total. The number of nitro benzene ring substituents is 1. The van der Waals surface area contributed by atoms with Gasteiger partial charge in [-0.15, -0.1) is 0 Å². The normalized spacial score (nSPS) is 11.0. The summed E-state index contributed by atoms with van der Waals surface area (Å²) in [6.45, 7) is 0. The third-order valence-corrected chi connectivity index (χ3v) is 3.55. The van der Waals surface area contributed by atoms with Crippen LogP contribution in [0.4, 0.5) is 11.4 Å². The van der Waals surface area contributed by atoms with Crippen molar-refractivity contribution in [2.45, 2.75) is 0 Å². The molecule has 8 heteroatoms. The summed E-state index contributed by atoms with van der Waals surface area (Å²) in [5.41, 5.74) is 4.35. The molecule has 0 aliphatic rings. The van der Waals surface area contributed by atoms with E-state index in [-0.39, 0.29) is 17.0 Å². The number of non-ortho nitro benzene ring substituents is 1. The van der Waals surface area contributed by atoms with Crippen LogP contribution in [0.1, 0.15) is 5.56 Å². The smallest absolute Gasteiger partial charge is 0.270 e. The highest BCUT2D eigenvalue weighted by molar-refractivity contribution is 6.31. The lowest BCUT2D eigenvalue weighted by atomic mass is 10.2. The van der Waals surface area contributed by atoms with Crippen LogP contribution in [0.5, 0.6) is 5.75 Å². The van der Waals surface area contributed by atoms with Gasteiger partial charge < -0.3 is 5.11 Å². The van der Waals surface area contributed by atoms with Gasteiger partial charge in [0.2, 0.25) is 0 Å². The van der Waals surface area contributed by atoms with Gasteiger partial charge in [-0.05, 0) is 30.3 Å². The van der Waals surface area contributed by atoms with Crippen molar-refractivity contribution in [1.29, 1.82) is 0 Å². The van der Waals surface area contributed by atoms with Crippen LogP contribution in [0, 0.1) is 10.1 Å². The zero-order valence-corrected chi connectivity index (χ0v) is 12.9. The van der Waals surface area contributed by atoms with Gasteiger partial charge in [-0.3, -0.25) is 20.5 Å². The second-order valence-corrected chi connectivity index (χ2v) is 5.33. The van der Waals surface area contributed by atoms with Crippen molar-refractivity contribution in [3.63, 3.8) is 0 Å². The number of benzene rings is 2. The standard InChI is InChI=1S/C16H11ClN4O3/c17-11-1-3-13-14(5-6-18-15(13)8-11)20-19-9-10-7-12(21(23)24)2-4-16(10)22/h1-9,22H,(H,18,20)/b19-9-. The molecule has 0 atom stereocenters. The van der Waals surface area contributed by atoms with Gasteiger partial charge in [-0.1, -0.05) is 11.6 Å². The fourth-order valence-electron chi connectivity index (χ4n) is 2.15. The van der Waals surface area contributed by atoms with Gasteiger partial charge in [0.15, 0.2) is 0 Å². The number of hydrogen-bond acceptors (Lipinski definition) is 6. The summed E-state index contributed by atoms with van der Waals surface area (Å²) in [6.07, 6.45) is 2.92. The van der Waals surface area contributed by atoms with Crippen LogP contribution in [0.3, 0.4) is 0 Å². The Kier molecular flexibility index (Phi) is 4.26. The molecule has 0 unspecified atom stereocenters. The second-order valence-electron chi connectivity index (χ2n) is 4.89. The fraction of sp³-hybridized carbons (Fsp3) is 0. The van der Waals surface area contributed by atoms with Crippen molar-refractivity contribution in [2.24, 2.45) is 5.10 Å². The lowest BCUT2D eigenvalue weighted by molar-refractivity contribution is -0.384. The molecule has 0 aliphatic carbocycles. The van der Waals surface area contributed by atoms with Gasteiger partial charge >= 0.3 is 0 Å². The maximum atomic E-state index is 10.8. The molecule has 3 rings (SSSR count). The van der Waals surface area contributed by atoms with E-state index in [0.717, 1.165) is 5.39 Å². The van der Waals surface area contributed by atoms with Gasteiger partial charge in [-0.25, -0.2) is 0 Å². The van der Waals surface area contributed by atoms with E-state index in [1.54, 1.807) is 24.4 Å². The maximum Gasteiger partial charge on any atom is 0.270 e. The number of rotatable bonds is 4. The van der Waals surface area contributed by atoms with E-state index in [0.29, 0.717) is 16.2 Å². The van der Waals surface area contributed by atoms with E-state index < -0.39 is 4.92 Å². The minimum absolute atomic E-state index is 0.0995. The Balaban J connectivity index is 1.87. The van der Waals surface area contributed by atoms with Crippen molar-refractivity contribution >= 4 is 40.1 Å². The fourth-order valence-corrected chi connectivity index (χ4v) is 2.32. The van der Waals surface area contributed by atoms with E-state index in [2.05, 4.69) is 15.5 Å². The molecule has 0 saturated carbocycles. The summed E-state index contributed by atoms with van der Waals surface area (Å²) in [4.78, 5) is 14.5. The van der Waals surface area contributed by atoms with Crippen molar-refractivity contribution in [2.75, 3.05) is 5.43 Å². The number of fused-ring (bicyclic) bond motifs is 1. The van der Waals surface area contributed by atoms with Crippen molar-refractivity contribution < 1.29 is 10.0 Å². The Morgan fingerprint density at radius 2 is 2.08 bits per heavy atom. The number of phenolic OH excluding ortho intramolecular Hbond substituents is 1. The molecule has 0 bridgehead atoms. The highest BCUT2D eigenvalue weighted by atomic mass is 35.5. The Morgan fingerprint density at radius 1 is 1.25 bits per heavy atom. The maximum absolute atomic E-state index is 10.8. The highest BCUT2D eigenvalue weighted by Gasteiger charge is 2.08. The number of hydrogen-bond donors (Lipinski definition) is 2. The quantitative estimate of drug-likeness (QED) is 0.424. The molecule has 2 aromatic carbocycles. The molecule has 0 spiro atoms. The molecule has 24 heavy (non-hydrogen) atoms. The average Bonchev–Trinajstić information content (AvgIpc) is 2.56. The Bertz CT molecular complexity index is 959. The van der Waals surface area contributed by atoms with E-state index >= 15 is 0 Å². The number of anilines is 1. The number of aromatic hydroxyl groups is 1. The van der Waals surface area contributed by atoms with Crippen molar-refractivity contribution in [3.05, 3.63) is 69.4 Å². The first-order chi connectivity index (χ1) is 11.5. The Labute approximate surface area is 141 Å². The lowest BCUT2D eigenvalue weighted by Crippen LogP contribution is -1.94. The number of nitrogens with one attached hydrogen (secondary N) is 1. The number of phenols is 1. The zero-order chi connectivity index (χ0) is 17.1. The number of halogens is 1. The molecule has 0 fully saturated rings. The van der Waals surface area contributed by atoms with Crippen LogP contribution < -0.4 is 5.43 Å². The first kappa shape index (κ1) is 15.7. The molecule has 120 valence electrons. The molecule has 1 aromatic heterocycles. The predicted octanol–water partition coefficient (Wildman–Crippen LogP) is 3.95. The molecule has 1 heterocycles. The van der Waals surface area contributed by atoms with E-state index in [1.165, 1.54) is 24.4 Å². The van der Waals surface area contributed by atoms with Crippen molar-refractivity contribution in [1.82, 2.24) is 4.98 Å². The summed E-state index contributed by atoms with van der Waals surface area (Å²) >= 11 is 5.94. The molecule has 0 radical (unpaired) electrons. The highest BCUT2D eigenvalue weighted by Crippen LogP contribution is 2.25. The Morgan fingerprint density at radius 3 is 2.88 bits per heavy atom. The van der Waals surface area contributed by atoms with E-state index in [1.807, 2.05) is 6.07 Å². The first-order valence-electron chi connectivity index (χ1n) is 6.85. The molecular weight excluding hydrogens is 332 g/mol. The topological polar surface area (TPSA) is 101 Å². The molecule has 0 aliphatic heterocycles. The van der Waals surface area contributed by atoms with Gasteiger partial charge in [0.1, 0.15) is 5.75 Å². The second kappa shape index (κ2) is 6.51. The number of aromatic nitrogens is 1. The van der Waals surface area contributed by atoms with Crippen molar-refractivity contribution in [3.8, 4) is 5.75 Å². The minimum atomic E-state index is -0.537. The van der Waals surface area contributed by atoms with Gasteiger partial charge in [0.25, 0.3) is 5.69 Å². The van der Waals surface area contributed by atoms with E-state index in [4.69, 9.17) is 11.6 Å².